The maximum Gasteiger partial charge on any atom is 0.103 e. The van der Waals surface area contributed by atoms with Crippen molar-refractivity contribution in [3.8, 4) is 0 Å². The Morgan fingerprint density at radius 2 is 1.60 bits per heavy atom. The van der Waals surface area contributed by atoms with Crippen LogP contribution in [0.2, 0.25) is 0 Å². The molecule has 0 aromatic heterocycles. The Hall–Kier alpha value is -0.250. The van der Waals surface area contributed by atoms with Gasteiger partial charge in [-0.1, -0.05) is 12.2 Å². The highest BCUT2D eigenvalue weighted by Gasteiger charge is 1.94. The smallest absolute Gasteiger partial charge is 0.103 e. The van der Waals surface area contributed by atoms with Crippen LogP contribution in [0, 0.1) is 0 Å². The maximum absolute atomic E-state index is 4.18. The Labute approximate surface area is 67.8 Å². The van der Waals surface area contributed by atoms with E-state index in [0.717, 1.165) is 13.1 Å². The van der Waals surface area contributed by atoms with E-state index in [1.54, 1.807) is 12.2 Å². The molecule has 0 rings (SSSR count). The molecule has 3 heteroatoms. The van der Waals surface area contributed by atoms with Gasteiger partial charge in [0.05, 0.1) is 0 Å². The molecule has 0 spiro atoms. The number of rotatable bonds is 6. The van der Waals surface area contributed by atoms with E-state index in [-0.39, 0.29) is 5.50 Å². The zero-order chi connectivity index (χ0) is 7.82. The first-order valence-corrected chi connectivity index (χ1v) is 3.69. The summed E-state index contributed by atoms with van der Waals surface area (Å²) < 4.78 is 0. The van der Waals surface area contributed by atoms with Gasteiger partial charge < -0.3 is 0 Å². The molecule has 0 radical (unpaired) electrons. The molecule has 58 valence electrons. The zero-order valence-corrected chi connectivity index (χ0v) is 6.90. The lowest BCUT2D eigenvalue weighted by molar-refractivity contribution is 0.605. The second-order valence-corrected chi connectivity index (χ2v) is 2.31. The van der Waals surface area contributed by atoms with Gasteiger partial charge >= 0.3 is 0 Å². The average molecular weight is 158 g/mol. The van der Waals surface area contributed by atoms with Gasteiger partial charge in [-0.2, -0.15) is 0 Å². The van der Waals surface area contributed by atoms with Crippen LogP contribution in [0.1, 0.15) is 0 Å². The lowest BCUT2D eigenvalue weighted by Gasteiger charge is -2.11. The molecule has 0 amide bonds. The number of nitrogens with one attached hydrogen (secondary N) is 2. The molecule has 0 fully saturated rings. The fourth-order valence-electron chi connectivity index (χ4n) is 0.462. The van der Waals surface area contributed by atoms with Crippen LogP contribution in [-0.2, 0) is 0 Å². The minimum absolute atomic E-state index is 0.0241. The van der Waals surface area contributed by atoms with Crippen LogP contribution in [0.25, 0.3) is 0 Å². The molecule has 0 saturated heterocycles. The number of hydrogen-bond donors (Lipinski definition) is 3. The van der Waals surface area contributed by atoms with Crippen LogP contribution >= 0.6 is 12.6 Å². The van der Waals surface area contributed by atoms with Crippen molar-refractivity contribution in [3.05, 3.63) is 25.3 Å². The average Bonchev–Trinajstić information content (AvgIpc) is 1.97. The summed E-state index contributed by atoms with van der Waals surface area (Å²) in [6.45, 7) is 8.66. The van der Waals surface area contributed by atoms with Crippen molar-refractivity contribution in [2.45, 2.75) is 5.50 Å². The van der Waals surface area contributed by atoms with Crippen molar-refractivity contribution in [1.82, 2.24) is 10.6 Å². The second-order valence-electron chi connectivity index (χ2n) is 1.80. The molecule has 0 aliphatic carbocycles. The Kier molecular flexibility index (Phi) is 6.69. The molecule has 0 aliphatic rings. The molecular formula is C7H14N2S. The highest BCUT2D eigenvalue weighted by atomic mass is 32.1. The van der Waals surface area contributed by atoms with Gasteiger partial charge in [-0.25, -0.2) is 0 Å². The summed E-state index contributed by atoms with van der Waals surface area (Å²) in [5.74, 6) is 0. The van der Waals surface area contributed by atoms with Crippen LogP contribution in [0.4, 0.5) is 0 Å². The predicted octanol–water partition coefficient (Wildman–Crippen LogP) is 0.751. The Morgan fingerprint density at radius 1 is 1.20 bits per heavy atom. The Morgan fingerprint density at radius 3 is 1.90 bits per heavy atom. The largest absolute Gasteiger partial charge is 0.290 e. The normalized spacial score (nSPS) is 9.80. The van der Waals surface area contributed by atoms with E-state index in [9.17, 15) is 0 Å². The van der Waals surface area contributed by atoms with E-state index >= 15 is 0 Å². The molecule has 10 heavy (non-hydrogen) atoms. The van der Waals surface area contributed by atoms with Crippen molar-refractivity contribution in [1.29, 1.82) is 0 Å². The van der Waals surface area contributed by atoms with Crippen LogP contribution in [-0.4, -0.2) is 18.6 Å². The summed E-state index contributed by atoms with van der Waals surface area (Å²) >= 11 is 4.18. The van der Waals surface area contributed by atoms with E-state index in [2.05, 4.69) is 36.4 Å². The lowest BCUT2D eigenvalue weighted by atomic mass is 10.6. The fraction of sp³-hybridized carbons (Fsp3) is 0.429. The van der Waals surface area contributed by atoms with Gasteiger partial charge in [-0.15, -0.1) is 25.8 Å². The van der Waals surface area contributed by atoms with E-state index in [1.807, 2.05) is 0 Å². The van der Waals surface area contributed by atoms with Gasteiger partial charge in [0, 0.05) is 13.1 Å². The third kappa shape index (κ3) is 5.88. The molecule has 0 aromatic carbocycles. The first-order valence-electron chi connectivity index (χ1n) is 3.18. The van der Waals surface area contributed by atoms with Crippen LogP contribution in [0.5, 0.6) is 0 Å². The van der Waals surface area contributed by atoms with Crippen LogP contribution < -0.4 is 10.6 Å². The zero-order valence-electron chi connectivity index (χ0n) is 6.01. The number of hydrogen-bond acceptors (Lipinski definition) is 3. The van der Waals surface area contributed by atoms with Crippen molar-refractivity contribution >= 4 is 12.6 Å². The van der Waals surface area contributed by atoms with E-state index in [4.69, 9.17) is 0 Å². The molecule has 0 bridgehead atoms. The van der Waals surface area contributed by atoms with E-state index in [1.165, 1.54) is 0 Å². The molecule has 0 unspecified atom stereocenters. The topological polar surface area (TPSA) is 24.1 Å². The van der Waals surface area contributed by atoms with Gasteiger partial charge in [0.2, 0.25) is 0 Å². The van der Waals surface area contributed by atoms with Crippen molar-refractivity contribution in [3.63, 3.8) is 0 Å². The summed E-state index contributed by atoms with van der Waals surface area (Å²) in [4.78, 5) is 0. The van der Waals surface area contributed by atoms with Gasteiger partial charge in [0.1, 0.15) is 5.50 Å². The van der Waals surface area contributed by atoms with Crippen LogP contribution in [0.3, 0.4) is 0 Å². The van der Waals surface area contributed by atoms with Crippen molar-refractivity contribution in [2.24, 2.45) is 0 Å². The molecule has 0 heterocycles. The molecule has 0 aromatic rings. The van der Waals surface area contributed by atoms with Gasteiger partial charge in [-0.05, 0) is 0 Å². The SMILES string of the molecule is C=CCNC(S)NCC=C. The van der Waals surface area contributed by atoms with Gasteiger partial charge in [-0.3, -0.25) is 10.6 Å². The predicted molar refractivity (Wildman–Crippen MR) is 49.2 cm³/mol. The highest BCUT2D eigenvalue weighted by molar-refractivity contribution is 7.80. The molecule has 0 saturated carbocycles. The van der Waals surface area contributed by atoms with E-state index < -0.39 is 0 Å². The summed E-state index contributed by atoms with van der Waals surface area (Å²) in [6.07, 6.45) is 3.58. The molecule has 2 N–H and O–H groups in total. The van der Waals surface area contributed by atoms with Crippen molar-refractivity contribution < 1.29 is 0 Å². The lowest BCUT2D eigenvalue weighted by Crippen LogP contribution is -2.37. The van der Waals surface area contributed by atoms with Crippen LogP contribution in [0.15, 0.2) is 25.3 Å². The second kappa shape index (κ2) is 6.86. The highest BCUT2D eigenvalue weighted by Crippen LogP contribution is 1.81. The first kappa shape index (κ1) is 9.75. The van der Waals surface area contributed by atoms with Gasteiger partial charge in [0.25, 0.3) is 0 Å². The minimum atomic E-state index is 0.0241. The number of thiol groups is 1. The quantitative estimate of drug-likeness (QED) is 0.302. The summed E-state index contributed by atoms with van der Waals surface area (Å²) in [7, 11) is 0. The Bertz CT molecular complexity index is 91.8. The fourth-order valence-corrected chi connectivity index (χ4v) is 0.673. The monoisotopic (exact) mass is 158 g/mol. The first-order chi connectivity index (χ1) is 4.81. The van der Waals surface area contributed by atoms with Gasteiger partial charge in [0.15, 0.2) is 0 Å². The maximum atomic E-state index is 4.18. The molecular weight excluding hydrogens is 144 g/mol. The minimum Gasteiger partial charge on any atom is -0.290 e. The van der Waals surface area contributed by atoms with Crippen molar-refractivity contribution in [2.75, 3.05) is 13.1 Å². The standard InChI is InChI=1S/C7H14N2S/c1-3-5-8-7(10)9-6-4-2/h3-4,7-10H,1-2,5-6H2. The van der Waals surface area contributed by atoms with E-state index in [0.29, 0.717) is 0 Å². The summed E-state index contributed by atoms with van der Waals surface area (Å²) in [6, 6.07) is 0. The molecule has 2 nitrogen and oxygen atoms in total. The summed E-state index contributed by atoms with van der Waals surface area (Å²) in [5.41, 5.74) is 0.0241. The third-order valence-corrected chi connectivity index (χ3v) is 1.28. The molecule has 0 atom stereocenters. The molecule has 0 aliphatic heterocycles. The third-order valence-electron chi connectivity index (χ3n) is 0.911. The summed E-state index contributed by atoms with van der Waals surface area (Å²) in [5, 5.41) is 6.11. The Balaban J connectivity index is 3.15.